The Morgan fingerprint density at radius 1 is 1.07 bits per heavy atom. The lowest BCUT2D eigenvalue weighted by molar-refractivity contribution is -0.140. The average Bonchev–Trinajstić information content (AvgIpc) is 3.39. The van der Waals surface area contributed by atoms with E-state index in [-0.39, 0.29) is 29.9 Å². The number of rotatable bonds is 17. The van der Waals surface area contributed by atoms with Gasteiger partial charge in [-0.2, -0.15) is 0 Å². The van der Waals surface area contributed by atoms with Gasteiger partial charge < -0.3 is 20.7 Å². The number of Topliss-reactive ketones (excluding diaryl/α,β-unsaturated/α-hetero) is 1. The van der Waals surface area contributed by atoms with E-state index in [9.17, 15) is 23.4 Å². The number of nitrogens with zero attached hydrogens (tertiary/aromatic N) is 1. The van der Waals surface area contributed by atoms with E-state index in [1.807, 2.05) is 13.8 Å². The molecule has 3 N–H and O–H groups in total. The Morgan fingerprint density at radius 2 is 1.79 bits per heavy atom. The summed E-state index contributed by atoms with van der Waals surface area (Å²) in [5, 5.41) is 9.02. The molecule has 2 fully saturated rings. The molecule has 0 aliphatic carbocycles. The molecule has 2 unspecified atom stereocenters. The Kier molecular flexibility index (Phi) is 15.5. The van der Waals surface area contributed by atoms with Gasteiger partial charge in [-0.3, -0.25) is 24.1 Å². The maximum Gasteiger partial charge on any atom is 0.289 e. The summed E-state index contributed by atoms with van der Waals surface area (Å²) in [5.41, 5.74) is 0.732. The molecule has 3 rings (SSSR count). The fourth-order valence-electron chi connectivity index (χ4n) is 5.06. The van der Waals surface area contributed by atoms with E-state index in [0.29, 0.717) is 44.2 Å². The maximum absolute atomic E-state index is 13.5. The molecule has 2 aliphatic heterocycles. The number of carbonyl (C=O) groups excluding carboxylic acids is 4. The van der Waals surface area contributed by atoms with Crippen LogP contribution in [-0.2, 0) is 40.2 Å². The fourth-order valence-corrected chi connectivity index (χ4v) is 8.68. The summed E-state index contributed by atoms with van der Waals surface area (Å²) < 4.78 is 17.3. The highest BCUT2D eigenvalue weighted by molar-refractivity contribution is 8.69. The smallest absolute Gasteiger partial charge is 0.289 e. The molecule has 240 valence electrons. The minimum Gasteiger partial charge on any atom is -0.379 e. The molecule has 1 aromatic carbocycles. The quantitative estimate of drug-likeness (QED) is 0.132. The first-order valence-corrected chi connectivity index (χ1v) is 18.2. The van der Waals surface area contributed by atoms with Crippen LogP contribution in [0.2, 0.25) is 5.02 Å². The summed E-state index contributed by atoms with van der Waals surface area (Å²) in [7, 11) is 0.657. The van der Waals surface area contributed by atoms with E-state index >= 15 is 0 Å². The number of unbranched alkanes of at least 4 members (excludes halogenated alkanes) is 1. The first-order chi connectivity index (χ1) is 20.6. The fraction of sp³-hybridized carbons (Fsp3) is 0.667. The zero-order valence-corrected chi connectivity index (χ0v) is 27.5. The Bertz CT molecular complexity index is 1100. The minimum absolute atomic E-state index is 0.0970. The SMILES string of the molecule is CC(C)C[C@H](NC(=O)CCCCC1CCSS1=O)C(=O)N[C@@H](Cc1ccc(Cl)cc1)C(=O)C(=O)NCCN1CCOCC1. The highest BCUT2D eigenvalue weighted by Gasteiger charge is 2.31. The Balaban J connectivity index is 1.59. The first-order valence-electron chi connectivity index (χ1n) is 15.1. The maximum atomic E-state index is 13.5. The number of hydrogen-bond acceptors (Lipinski definition) is 8. The van der Waals surface area contributed by atoms with Gasteiger partial charge >= 0.3 is 0 Å². The van der Waals surface area contributed by atoms with Crippen LogP contribution >= 0.6 is 22.4 Å². The summed E-state index contributed by atoms with van der Waals surface area (Å²) in [6.45, 7) is 7.60. The highest BCUT2D eigenvalue weighted by atomic mass is 35.5. The van der Waals surface area contributed by atoms with Gasteiger partial charge in [0.15, 0.2) is 0 Å². The predicted molar refractivity (Wildman–Crippen MR) is 171 cm³/mol. The third kappa shape index (κ3) is 12.9. The number of halogens is 1. The van der Waals surface area contributed by atoms with E-state index in [2.05, 4.69) is 20.9 Å². The summed E-state index contributed by atoms with van der Waals surface area (Å²) >= 11 is 6.02. The lowest BCUT2D eigenvalue weighted by Crippen LogP contribution is -2.55. The van der Waals surface area contributed by atoms with Crippen LogP contribution in [-0.4, -0.2) is 95.1 Å². The van der Waals surface area contributed by atoms with Crippen molar-refractivity contribution in [2.24, 2.45) is 5.92 Å². The molecule has 2 heterocycles. The van der Waals surface area contributed by atoms with E-state index < -0.39 is 39.5 Å². The van der Waals surface area contributed by atoms with Gasteiger partial charge in [0.1, 0.15) is 12.1 Å². The zero-order valence-electron chi connectivity index (χ0n) is 25.1. The molecule has 0 bridgehead atoms. The van der Waals surface area contributed by atoms with Gasteiger partial charge in [-0.1, -0.05) is 54.8 Å². The van der Waals surface area contributed by atoms with Crippen LogP contribution in [0.3, 0.4) is 0 Å². The number of carbonyl (C=O) groups is 4. The number of hydrogen-bond donors (Lipinski definition) is 3. The molecule has 10 nitrogen and oxygen atoms in total. The van der Waals surface area contributed by atoms with Gasteiger partial charge in [0.2, 0.25) is 17.6 Å². The number of ether oxygens (including phenoxy) is 1. The summed E-state index contributed by atoms with van der Waals surface area (Å²) in [6.07, 6.45) is 3.94. The third-order valence-electron chi connectivity index (χ3n) is 7.48. The molecule has 3 amide bonds. The summed E-state index contributed by atoms with van der Waals surface area (Å²) in [4.78, 5) is 54.6. The monoisotopic (exact) mass is 656 g/mol. The number of benzene rings is 1. The normalized spacial score (nSPS) is 20.4. The summed E-state index contributed by atoms with van der Waals surface area (Å²) in [5.74, 6) is -1.25. The first kappa shape index (κ1) is 35.5. The van der Waals surface area contributed by atoms with Crippen molar-refractivity contribution in [2.45, 2.75) is 76.1 Å². The third-order valence-corrected chi connectivity index (χ3v) is 11.4. The van der Waals surface area contributed by atoms with Crippen molar-refractivity contribution in [3.63, 3.8) is 0 Å². The van der Waals surface area contributed by atoms with Crippen LogP contribution in [0.15, 0.2) is 24.3 Å². The van der Waals surface area contributed by atoms with Crippen molar-refractivity contribution in [3.8, 4) is 0 Å². The second kappa shape index (κ2) is 18.7. The second-order valence-corrected chi connectivity index (χ2v) is 15.4. The van der Waals surface area contributed by atoms with Gasteiger partial charge in [0.05, 0.1) is 23.0 Å². The number of ketones is 1. The number of amides is 3. The van der Waals surface area contributed by atoms with Crippen molar-refractivity contribution >= 4 is 55.7 Å². The minimum atomic E-state index is -1.12. The van der Waals surface area contributed by atoms with E-state index in [1.165, 1.54) is 10.8 Å². The predicted octanol–water partition coefficient (Wildman–Crippen LogP) is 2.65. The van der Waals surface area contributed by atoms with Crippen LogP contribution in [0, 0.1) is 5.92 Å². The van der Waals surface area contributed by atoms with Crippen LogP contribution in [0.25, 0.3) is 0 Å². The Labute approximate surface area is 266 Å². The molecule has 2 saturated heterocycles. The second-order valence-electron chi connectivity index (χ2n) is 11.5. The molecule has 43 heavy (non-hydrogen) atoms. The Morgan fingerprint density at radius 3 is 2.44 bits per heavy atom. The van der Waals surface area contributed by atoms with E-state index in [4.69, 9.17) is 16.3 Å². The summed E-state index contributed by atoms with van der Waals surface area (Å²) in [6, 6.07) is 4.91. The van der Waals surface area contributed by atoms with E-state index in [0.717, 1.165) is 43.7 Å². The van der Waals surface area contributed by atoms with Gasteiger partial charge in [-0.05, 0) is 49.3 Å². The van der Waals surface area contributed by atoms with Crippen molar-refractivity contribution < 1.29 is 28.1 Å². The topological polar surface area (TPSA) is 134 Å². The van der Waals surface area contributed by atoms with Gasteiger partial charge in [0, 0.05) is 55.0 Å². The van der Waals surface area contributed by atoms with Crippen molar-refractivity contribution in [3.05, 3.63) is 34.9 Å². The Hall–Kier alpha value is -1.99. The lowest BCUT2D eigenvalue weighted by atomic mass is 9.99. The molecular formula is C30H45ClN4O6S2. The molecular weight excluding hydrogens is 612 g/mol. The largest absolute Gasteiger partial charge is 0.379 e. The van der Waals surface area contributed by atoms with Crippen molar-refractivity contribution in [1.29, 1.82) is 0 Å². The van der Waals surface area contributed by atoms with Crippen LogP contribution in [0.4, 0.5) is 0 Å². The lowest BCUT2D eigenvalue weighted by Gasteiger charge is -2.26. The molecule has 13 heteroatoms. The van der Waals surface area contributed by atoms with Crippen LogP contribution < -0.4 is 16.0 Å². The van der Waals surface area contributed by atoms with Gasteiger partial charge in [0.25, 0.3) is 5.91 Å². The molecule has 0 aromatic heterocycles. The van der Waals surface area contributed by atoms with Crippen LogP contribution in [0.5, 0.6) is 0 Å². The molecule has 4 atom stereocenters. The molecule has 2 aliphatic rings. The number of nitrogens with one attached hydrogen (secondary N) is 3. The van der Waals surface area contributed by atoms with Gasteiger partial charge in [-0.15, -0.1) is 0 Å². The average molecular weight is 657 g/mol. The zero-order chi connectivity index (χ0) is 31.2. The van der Waals surface area contributed by atoms with Gasteiger partial charge in [-0.25, -0.2) is 4.21 Å². The highest BCUT2D eigenvalue weighted by Crippen LogP contribution is 2.29. The molecule has 0 radical (unpaired) electrons. The van der Waals surface area contributed by atoms with E-state index in [1.54, 1.807) is 24.3 Å². The molecule has 1 aromatic rings. The van der Waals surface area contributed by atoms with Crippen molar-refractivity contribution in [2.75, 3.05) is 45.1 Å². The molecule has 0 spiro atoms. The van der Waals surface area contributed by atoms with Crippen LogP contribution in [0.1, 0.15) is 57.9 Å². The van der Waals surface area contributed by atoms with Crippen molar-refractivity contribution in [1.82, 2.24) is 20.9 Å². The molecule has 0 saturated carbocycles. The standard InChI is InChI=1S/C30H45ClN4O6S2/c1-21(2)19-26(33-27(36)6-4-3-5-24-11-18-42-43(24)40)29(38)34-25(20-22-7-9-23(31)10-8-22)28(37)30(39)32-12-13-35-14-16-41-17-15-35/h7-10,21,24-26H,3-6,11-20H2,1-2H3,(H,32,39)(H,33,36)(H,34,38)/t24?,25-,26-,43?/m0/s1. The number of morpholine rings is 1.